The van der Waals surface area contributed by atoms with Crippen molar-refractivity contribution < 1.29 is 18.3 Å². The summed E-state index contributed by atoms with van der Waals surface area (Å²) in [5.74, 6) is -0.291. The number of esters is 1. The number of ether oxygens (including phenoxy) is 1. The van der Waals surface area contributed by atoms with Gasteiger partial charge < -0.3 is 4.74 Å². The molecule has 0 saturated heterocycles. The summed E-state index contributed by atoms with van der Waals surface area (Å²) >= 11 is 0. The first-order valence-electron chi connectivity index (χ1n) is 9.53. The minimum Gasteiger partial charge on any atom is -0.462 e. The van der Waals surface area contributed by atoms with Crippen LogP contribution in [0.5, 0.6) is 0 Å². The molecule has 142 valence electrons. The van der Waals surface area contributed by atoms with Gasteiger partial charge in [-0.2, -0.15) is 0 Å². The standard InChI is InChI=1S/C19H36F2O2Si/c1-17(2)18(22)23-16-14-12-10-8-6-4-3-5-7-9-11-13-15-19(20,21)24/h1,3-16H2,2,24H3. The maximum absolute atomic E-state index is 12.7. The average molecular weight is 363 g/mol. The molecule has 2 nitrogen and oxygen atoms in total. The molecule has 0 amide bonds. The number of carbonyl (C=O) groups excluding carboxylic acids is 1. The van der Waals surface area contributed by atoms with E-state index in [9.17, 15) is 13.6 Å². The van der Waals surface area contributed by atoms with Crippen LogP contribution in [-0.4, -0.2) is 28.4 Å². The molecule has 0 atom stereocenters. The average Bonchev–Trinajstić information content (AvgIpc) is 2.49. The number of alkyl halides is 2. The van der Waals surface area contributed by atoms with E-state index >= 15 is 0 Å². The molecule has 24 heavy (non-hydrogen) atoms. The monoisotopic (exact) mass is 362 g/mol. The predicted octanol–water partition coefficient (Wildman–Crippen LogP) is 5.14. The van der Waals surface area contributed by atoms with Crippen molar-refractivity contribution in [3.8, 4) is 0 Å². The third kappa shape index (κ3) is 17.6. The molecule has 0 aromatic heterocycles. The molecule has 0 unspecified atom stereocenters. The van der Waals surface area contributed by atoms with E-state index in [1.165, 1.54) is 44.9 Å². The summed E-state index contributed by atoms with van der Waals surface area (Å²) in [6, 6.07) is 0. The minimum atomic E-state index is -2.35. The highest BCUT2D eigenvalue weighted by Gasteiger charge is 2.18. The topological polar surface area (TPSA) is 26.3 Å². The van der Waals surface area contributed by atoms with E-state index < -0.39 is 5.55 Å². The van der Waals surface area contributed by atoms with Crippen molar-refractivity contribution in [1.82, 2.24) is 0 Å². The Morgan fingerprint density at radius 3 is 1.62 bits per heavy atom. The van der Waals surface area contributed by atoms with Gasteiger partial charge in [0, 0.05) is 12.0 Å². The number of carbonyl (C=O) groups is 1. The molecule has 0 aliphatic carbocycles. The molecule has 0 rings (SSSR count). The number of halogens is 2. The van der Waals surface area contributed by atoms with Crippen LogP contribution in [-0.2, 0) is 9.53 Å². The quantitative estimate of drug-likeness (QED) is 0.165. The largest absolute Gasteiger partial charge is 0.462 e. The second-order valence-electron chi connectivity index (χ2n) is 6.98. The van der Waals surface area contributed by atoms with Crippen LogP contribution in [0.3, 0.4) is 0 Å². The lowest BCUT2D eigenvalue weighted by molar-refractivity contribution is -0.139. The lowest BCUT2D eigenvalue weighted by atomic mass is 10.0. The highest BCUT2D eigenvalue weighted by Crippen LogP contribution is 2.18. The summed E-state index contributed by atoms with van der Waals surface area (Å²) in [4.78, 5) is 11.2. The Labute approximate surface area is 149 Å². The summed E-state index contributed by atoms with van der Waals surface area (Å²) in [5, 5.41) is 0. The van der Waals surface area contributed by atoms with Gasteiger partial charge in [-0.15, -0.1) is 0 Å². The van der Waals surface area contributed by atoms with E-state index in [4.69, 9.17) is 4.74 Å². The Hall–Kier alpha value is -0.713. The third-order valence-corrected chi connectivity index (χ3v) is 4.59. The maximum Gasteiger partial charge on any atom is 0.333 e. The van der Waals surface area contributed by atoms with Crippen LogP contribution < -0.4 is 0 Å². The van der Waals surface area contributed by atoms with Crippen LogP contribution in [0, 0.1) is 0 Å². The van der Waals surface area contributed by atoms with E-state index in [0.29, 0.717) is 18.6 Å². The van der Waals surface area contributed by atoms with E-state index in [2.05, 4.69) is 6.58 Å². The molecule has 0 heterocycles. The Morgan fingerprint density at radius 2 is 1.25 bits per heavy atom. The van der Waals surface area contributed by atoms with Gasteiger partial charge in [0.25, 0.3) is 0 Å². The molecular formula is C19H36F2O2Si. The molecule has 0 fully saturated rings. The molecule has 0 aliphatic rings. The van der Waals surface area contributed by atoms with Gasteiger partial charge in [-0.25, -0.2) is 13.6 Å². The number of unbranched alkanes of at least 4 members (excludes halogenated alkanes) is 11. The summed E-state index contributed by atoms with van der Waals surface area (Å²) in [5.41, 5.74) is -1.90. The van der Waals surface area contributed by atoms with Gasteiger partial charge in [0.05, 0.1) is 16.8 Å². The van der Waals surface area contributed by atoms with Crippen molar-refractivity contribution >= 4 is 16.2 Å². The predicted molar refractivity (Wildman–Crippen MR) is 101 cm³/mol. The molecule has 0 saturated carbocycles. The van der Waals surface area contributed by atoms with Gasteiger partial charge in [0.2, 0.25) is 5.55 Å². The van der Waals surface area contributed by atoms with Crippen molar-refractivity contribution in [3.05, 3.63) is 12.2 Å². The van der Waals surface area contributed by atoms with Crippen LogP contribution in [0.4, 0.5) is 8.78 Å². The van der Waals surface area contributed by atoms with E-state index in [-0.39, 0.29) is 22.6 Å². The van der Waals surface area contributed by atoms with Gasteiger partial charge in [-0.05, 0) is 19.8 Å². The third-order valence-electron chi connectivity index (χ3n) is 4.09. The summed E-state index contributed by atoms with van der Waals surface area (Å²) < 4.78 is 30.4. The number of rotatable bonds is 16. The number of hydrogen-bond acceptors (Lipinski definition) is 2. The SMILES string of the molecule is C=C(C)C(=O)OCCCCCCCCCCCCCCC(F)(F)[SiH3]. The van der Waals surface area contributed by atoms with E-state index in [1.807, 2.05) is 0 Å². The molecule has 0 aliphatic heterocycles. The van der Waals surface area contributed by atoms with Crippen LogP contribution >= 0.6 is 0 Å². The second kappa shape index (κ2) is 14.6. The van der Waals surface area contributed by atoms with Crippen molar-refractivity contribution in [2.24, 2.45) is 0 Å². The second-order valence-corrected chi connectivity index (χ2v) is 8.44. The molecule has 5 heteroatoms. The van der Waals surface area contributed by atoms with Gasteiger partial charge >= 0.3 is 5.97 Å². The van der Waals surface area contributed by atoms with Gasteiger partial charge in [0.15, 0.2) is 0 Å². The molecule has 0 radical (unpaired) electrons. The zero-order valence-corrected chi connectivity index (χ0v) is 17.7. The summed E-state index contributed by atoms with van der Waals surface area (Å²) in [7, 11) is -0.0114. The van der Waals surface area contributed by atoms with E-state index in [0.717, 1.165) is 25.7 Å². The number of hydrogen-bond donors (Lipinski definition) is 0. The molecule has 0 spiro atoms. The fourth-order valence-electron chi connectivity index (χ4n) is 2.59. The first-order valence-corrected chi connectivity index (χ1v) is 10.5. The summed E-state index contributed by atoms with van der Waals surface area (Å²) in [6.07, 6.45) is 13.5. The molecular weight excluding hydrogens is 326 g/mol. The van der Waals surface area contributed by atoms with Crippen molar-refractivity contribution in [2.45, 2.75) is 95.9 Å². The molecule has 0 N–H and O–H groups in total. The lowest BCUT2D eigenvalue weighted by Crippen LogP contribution is -2.14. The Balaban J connectivity index is 3.13. The lowest BCUT2D eigenvalue weighted by Gasteiger charge is -2.09. The first kappa shape index (κ1) is 23.3. The van der Waals surface area contributed by atoms with Crippen molar-refractivity contribution in [1.29, 1.82) is 0 Å². The Bertz CT molecular complexity index is 341. The smallest absolute Gasteiger partial charge is 0.333 e. The highest BCUT2D eigenvalue weighted by atomic mass is 28.1. The maximum atomic E-state index is 12.7. The highest BCUT2D eigenvalue weighted by molar-refractivity contribution is 6.13. The molecule has 0 aromatic carbocycles. The minimum absolute atomic E-state index is 0.0114. The fourth-order valence-corrected chi connectivity index (χ4v) is 2.95. The summed E-state index contributed by atoms with van der Waals surface area (Å²) in [6.45, 7) is 5.70. The molecule has 0 bridgehead atoms. The van der Waals surface area contributed by atoms with Crippen LogP contribution in [0.1, 0.15) is 90.4 Å². The van der Waals surface area contributed by atoms with E-state index in [1.54, 1.807) is 6.92 Å². The first-order chi connectivity index (χ1) is 11.3. The van der Waals surface area contributed by atoms with Gasteiger partial charge in [-0.3, -0.25) is 0 Å². The van der Waals surface area contributed by atoms with Crippen molar-refractivity contribution in [2.75, 3.05) is 6.61 Å². The van der Waals surface area contributed by atoms with Gasteiger partial charge in [-0.1, -0.05) is 70.8 Å². The van der Waals surface area contributed by atoms with Crippen LogP contribution in [0.15, 0.2) is 12.2 Å². The Kier molecular flexibility index (Phi) is 14.2. The van der Waals surface area contributed by atoms with Crippen molar-refractivity contribution in [3.63, 3.8) is 0 Å². The van der Waals surface area contributed by atoms with Crippen LogP contribution in [0.2, 0.25) is 0 Å². The zero-order chi connectivity index (χ0) is 18.3. The zero-order valence-electron chi connectivity index (χ0n) is 15.7. The van der Waals surface area contributed by atoms with Crippen LogP contribution in [0.25, 0.3) is 0 Å². The Morgan fingerprint density at radius 1 is 0.875 bits per heavy atom. The van der Waals surface area contributed by atoms with Gasteiger partial charge in [0.1, 0.15) is 0 Å². The normalized spacial score (nSPS) is 11.6. The fraction of sp³-hybridized carbons (Fsp3) is 0.842. The molecule has 0 aromatic rings.